The second-order valence-corrected chi connectivity index (χ2v) is 9.71. The molecule has 0 bridgehead atoms. The van der Waals surface area contributed by atoms with E-state index in [2.05, 4.69) is 12.7 Å². The van der Waals surface area contributed by atoms with Crippen molar-refractivity contribution in [3.63, 3.8) is 0 Å². The molecular formula is C29H39NO6PZr. The van der Waals surface area contributed by atoms with Gasteiger partial charge in [0.25, 0.3) is 5.69 Å². The molecule has 0 aliphatic rings. The number of nitro groups is 1. The van der Waals surface area contributed by atoms with Gasteiger partial charge in [0.1, 0.15) is 0 Å². The summed E-state index contributed by atoms with van der Waals surface area (Å²) in [6, 6.07) is 25.8. The molecule has 0 heterocycles. The average Bonchev–Trinajstić information content (AvgIpc) is 3.65. The first-order valence-electron chi connectivity index (χ1n) is 12.6. The summed E-state index contributed by atoms with van der Waals surface area (Å²) in [4.78, 5) is 10.2. The van der Waals surface area contributed by atoms with Gasteiger partial charge in [-0.3, -0.25) is 14.7 Å². The third-order valence-electron chi connectivity index (χ3n) is 5.04. The van der Waals surface area contributed by atoms with E-state index in [0.29, 0.717) is 24.8 Å². The Hall–Kier alpha value is -1.95. The SMILES string of the molecule is CCCCC(=[C-]P(=O)(OCC)OCC)CCC(O)c1ccc([N+](=O)[O-])cc1.[Zr+3].c1cc[cH-]c1.c1cc[cH-]c1. The van der Waals surface area contributed by atoms with Crippen LogP contribution in [-0.2, 0) is 39.8 Å². The van der Waals surface area contributed by atoms with Gasteiger partial charge in [-0.2, -0.15) is 36.4 Å². The number of nitrogens with zero attached hydrogens (tertiary/aromatic N) is 1. The topological polar surface area (TPSA) is 98.9 Å². The van der Waals surface area contributed by atoms with Crippen LogP contribution in [0.3, 0.4) is 0 Å². The van der Waals surface area contributed by atoms with E-state index in [1.54, 1.807) is 26.0 Å². The van der Waals surface area contributed by atoms with E-state index in [0.717, 1.165) is 18.4 Å². The van der Waals surface area contributed by atoms with Crippen molar-refractivity contribution in [1.82, 2.24) is 0 Å². The van der Waals surface area contributed by atoms with Gasteiger partial charge in [0.2, 0.25) is 0 Å². The van der Waals surface area contributed by atoms with Crippen LogP contribution in [0.2, 0.25) is 0 Å². The summed E-state index contributed by atoms with van der Waals surface area (Å²) in [6.07, 6.45) is 2.69. The Bertz CT molecular complexity index is 949. The summed E-state index contributed by atoms with van der Waals surface area (Å²) in [5.41, 5.74) is 1.40. The fraction of sp³-hybridized carbons (Fsp3) is 0.379. The first-order valence-corrected chi connectivity index (χ1v) is 14.2. The Morgan fingerprint density at radius 2 is 1.47 bits per heavy atom. The summed E-state index contributed by atoms with van der Waals surface area (Å²) >= 11 is 0. The van der Waals surface area contributed by atoms with E-state index in [4.69, 9.17) is 9.05 Å². The molecular weight excluding hydrogens is 581 g/mol. The largest absolute Gasteiger partial charge is 3.00 e. The van der Waals surface area contributed by atoms with Crippen molar-refractivity contribution >= 4 is 13.3 Å². The van der Waals surface area contributed by atoms with Crippen LogP contribution in [0.1, 0.15) is 64.5 Å². The quantitative estimate of drug-likeness (QED) is 0.0893. The van der Waals surface area contributed by atoms with E-state index in [-0.39, 0.29) is 45.1 Å². The van der Waals surface area contributed by atoms with Crippen LogP contribution in [0.15, 0.2) is 90.5 Å². The Labute approximate surface area is 246 Å². The zero-order valence-corrected chi connectivity index (χ0v) is 25.8. The van der Waals surface area contributed by atoms with Crippen molar-refractivity contribution in [2.75, 3.05) is 13.2 Å². The van der Waals surface area contributed by atoms with Crippen molar-refractivity contribution in [2.45, 2.75) is 59.0 Å². The van der Waals surface area contributed by atoms with E-state index in [1.807, 2.05) is 60.7 Å². The Morgan fingerprint density at radius 3 is 1.84 bits per heavy atom. The zero-order chi connectivity index (χ0) is 27.4. The van der Waals surface area contributed by atoms with Gasteiger partial charge in [-0.1, -0.05) is 32.6 Å². The van der Waals surface area contributed by atoms with Gasteiger partial charge in [-0.15, -0.1) is 0 Å². The zero-order valence-electron chi connectivity index (χ0n) is 22.5. The number of hydrogen-bond donors (Lipinski definition) is 1. The predicted molar refractivity (Wildman–Crippen MR) is 148 cm³/mol. The van der Waals surface area contributed by atoms with Gasteiger partial charge in [-0.25, -0.2) is 29.8 Å². The molecule has 1 atom stereocenters. The Morgan fingerprint density at radius 1 is 0.974 bits per heavy atom. The molecule has 7 nitrogen and oxygen atoms in total. The molecule has 3 rings (SSSR count). The first-order chi connectivity index (χ1) is 17.8. The van der Waals surface area contributed by atoms with Crippen molar-refractivity contribution in [3.8, 4) is 0 Å². The number of nitro benzene ring substituents is 1. The van der Waals surface area contributed by atoms with E-state index in [1.165, 1.54) is 12.1 Å². The van der Waals surface area contributed by atoms with Crippen LogP contribution < -0.4 is 0 Å². The maximum Gasteiger partial charge on any atom is 3.00 e. The molecule has 3 aromatic carbocycles. The molecule has 0 aliphatic carbocycles. The summed E-state index contributed by atoms with van der Waals surface area (Å²) in [7, 11) is -3.41. The summed E-state index contributed by atoms with van der Waals surface area (Å²) in [5.74, 6) is 2.93. The standard InChI is InChI=1S/C19H29NO6P.2C5H5.Zr/c1-4-7-8-16(15-27(24,25-5-2)26-6-3)9-14-19(21)17-10-12-18(13-11-17)20(22)23;2*1-2-4-5-3-1;/h10-13,19,21H,4-9,14H2,1-3H3;2*1-5H;/q3*-1;+3. The fourth-order valence-corrected chi connectivity index (χ4v) is 4.69. The van der Waals surface area contributed by atoms with Crippen LogP contribution >= 0.6 is 7.60 Å². The molecule has 0 amide bonds. The fourth-order valence-electron chi connectivity index (χ4n) is 3.20. The number of non-ortho nitro benzene ring substituents is 1. The van der Waals surface area contributed by atoms with Gasteiger partial charge in [0.15, 0.2) is 7.60 Å². The van der Waals surface area contributed by atoms with Gasteiger partial charge in [-0.05, 0) is 38.0 Å². The third-order valence-corrected chi connectivity index (χ3v) is 6.83. The molecule has 1 N–H and O–H groups in total. The maximum absolute atomic E-state index is 12.7. The smallest absolute Gasteiger partial charge is 0.388 e. The van der Waals surface area contributed by atoms with Gasteiger partial charge in [0.05, 0.1) is 24.2 Å². The molecule has 1 radical (unpaired) electrons. The summed E-state index contributed by atoms with van der Waals surface area (Å²) < 4.78 is 23.3. The van der Waals surface area contributed by atoms with Crippen molar-refractivity contribution in [2.24, 2.45) is 0 Å². The molecule has 0 fully saturated rings. The summed E-state index contributed by atoms with van der Waals surface area (Å²) in [6.45, 7) is 6.08. The molecule has 1 unspecified atom stereocenters. The molecule has 9 heteroatoms. The average molecular weight is 620 g/mol. The molecule has 0 saturated heterocycles. The summed E-state index contributed by atoms with van der Waals surface area (Å²) in [5, 5.41) is 21.1. The number of hydrogen-bond acceptors (Lipinski definition) is 6. The van der Waals surface area contributed by atoms with Crippen molar-refractivity contribution in [3.05, 3.63) is 112 Å². The molecule has 0 spiro atoms. The molecule has 38 heavy (non-hydrogen) atoms. The predicted octanol–water partition coefficient (Wildman–Crippen LogP) is 8.36. The third kappa shape index (κ3) is 16.1. The minimum atomic E-state index is -3.41. The molecule has 3 aromatic rings. The van der Waals surface area contributed by atoms with Crippen molar-refractivity contribution in [1.29, 1.82) is 0 Å². The van der Waals surface area contributed by atoms with Gasteiger partial charge in [0, 0.05) is 12.1 Å². The molecule has 0 aliphatic heterocycles. The first kappa shape index (κ1) is 36.1. The normalized spacial score (nSPS) is 11.7. The number of aliphatic hydroxyl groups is 1. The Balaban J connectivity index is 0.00000102. The molecule has 205 valence electrons. The monoisotopic (exact) mass is 618 g/mol. The number of rotatable bonds is 13. The molecule has 0 saturated carbocycles. The van der Waals surface area contributed by atoms with E-state index >= 15 is 0 Å². The number of unbranched alkanes of at least 4 members (excludes halogenated alkanes) is 1. The maximum atomic E-state index is 12.7. The number of aliphatic hydroxyl groups excluding tert-OH is 1. The second-order valence-electron chi connectivity index (χ2n) is 7.98. The van der Waals surface area contributed by atoms with E-state index in [9.17, 15) is 19.8 Å². The number of benzene rings is 1. The second kappa shape index (κ2) is 21.9. The van der Waals surface area contributed by atoms with Crippen molar-refractivity contribution < 1.29 is 49.8 Å². The van der Waals surface area contributed by atoms with Crippen LogP contribution in [0.4, 0.5) is 5.69 Å². The number of allylic oxidation sites excluding steroid dienone is 1. The van der Waals surface area contributed by atoms with E-state index < -0.39 is 18.6 Å². The van der Waals surface area contributed by atoms with Gasteiger partial charge < -0.3 is 20.0 Å². The van der Waals surface area contributed by atoms with Crippen LogP contribution in [0.25, 0.3) is 0 Å². The minimum Gasteiger partial charge on any atom is -0.388 e. The Kier molecular flexibility index (Phi) is 20.8. The van der Waals surface area contributed by atoms with Crippen LogP contribution in [0, 0.1) is 15.9 Å². The van der Waals surface area contributed by atoms with Crippen LogP contribution in [0.5, 0.6) is 0 Å². The molecule has 0 aromatic heterocycles. The van der Waals surface area contributed by atoms with Gasteiger partial charge >= 0.3 is 26.2 Å². The minimum absolute atomic E-state index is 0. The van der Waals surface area contributed by atoms with Crippen LogP contribution in [-0.4, -0.2) is 23.2 Å².